The van der Waals surface area contributed by atoms with Crippen LogP contribution in [0.2, 0.25) is 0 Å². The van der Waals surface area contributed by atoms with Gasteiger partial charge in [-0.05, 0) is 38.5 Å². The van der Waals surface area contributed by atoms with Crippen LogP contribution < -0.4 is 0 Å². The van der Waals surface area contributed by atoms with Crippen molar-refractivity contribution in [3.8, 4) is 0 Å². The van der Waals surface area contributed by atoms with Crippen molar-refractivity contribution in [1.82, 2.24) is 0 Å². The van der Waals surface area contributed by atoms with Crippen molar-refractivity contribution in [1.29, 1.82) is 0 Å². The van der Waals surface area contributed by atoms with E-state index in [1.807, 2.05) is 0 Å². The maximum absolute atomic E-state index is 11.4. The lowest BCUT2D eigenvalue weighted by Crippen LogP contribution is -2.05. The Labute approximate surface area is 112 Å². The largest absolute Gasteiger partial charge is 0.466 e. The zero-order valence-corrected chi connectivity index (χ0v) is 11.7. The fraction of sp³-hybridized carbons (Fsp3) is 0.812. The molecular weight excluding hydrogens is 224 g/mol. The van der Waals surface area contributed by atoms with Crippen LogP contribution in [0.25, 0.3) is 0 Å². The topological polar surface area (TPSA) is 26.3 Å². The Hall–Kier alpha value is -0.790. The van der Waals surface area contributed by atoms with Crippen molar-refractivity contribution >= 4 is 5.97 Å². The Morgan fingerprint density at radius 2 is 1.28 bits per heavy atom. The van der Waals surface area contributed by atoms with Gasteiger partial charge in [0.25, 0.3) is 0 Å². The maximum atomic E-state index is 11.4. The lowest BCUT2D eigenvalue weighted by Gasteiger charge is -2.04. The van der Waals surface area contributed by atoms with Gasteiger partial charge in [0.15, 0.2) is 0 Å². The predicted molar refractivity (Wildman–Crippen MR) is 75.5 cm³/mol. The van der Waals surface area contributed by atoms with E-state index < -0.39 is 0 Å². The second-order valence-electron chi connectivity index (χ2n) is 5.20. The van der Waals surface area contributed by atoms with Gasteiger partial charge in [-0.25, -0.2) is 0 Å². The molecule has 18 heavy (non-hydrogen) atoms. The van der Waals surface area contributed by atoms with Crippen molar-refractivity contribution in [2.75, 3.05) is 6.61 Å². The van der Waals surface area contributed by atoms with Crippen LogP contribution in [0.15, 0.2) is 12.2 Å². The Morgan fingerprint density at radius 1 is 0.722 bits per heavy atom. The quantitative estimate of drug-likeness (QED) is 0.458. The van der Waals surface area contributed by atoms with E-state index in [9.17, 15) is 4.79 Å². The molecule has 0 amide bonds. The number of allylic oxidation sites excluding steroid dienone is 2. The molecule has 0 aliphatic carbocycles. The summed E-state index contributed by atoms with van der Waals surface area (Å²) in [5.74, 6) is -0.00476. The van der Waals surface area contributed by atoms with Gasteiger partial charge in [0, 0.05) is 6.42 Å². The average molecular weight is 252 g/mol. The summed E-state index contributed by atoms with van der Waals surface area (Å²) in [5.41, 5.74) is 0. The summed E-state index contributed by atoms with van der Waals surface area (Å²) in [4.78, 5) is 11.4. The van der Waals surface area contributed by atoms with Gasteiger partial charge in [-0.2, -0.15) is 0 Å². The normalized spacial score (nSPS) is 22.1. The highest BCUT2D eigenvalue weighted by Gasteiger charge is 2.02. The first-order chi connectivity index (χ1) is 8.89. The molecule has 1 rings (SSSR count). The monoisotopic (exact) mass is 252 g/mol. The molecule has 0 radical (unpaired) electrons. The molecule has 0 spiro atoms. The summed E-state index contributed by atoms with van der Waals surface area (Å²) >= 11 is 0. The van der Waals surface area contributed by atoms with Gasteiger partial charge < -0.3 is 4.74 Å². The van der Waals surface area contributed by atoms with Crippen LogP contribution in [0.5, 0.6) is 0 Å². The molecule has 0 unspecified atom stereocenters. The molecule has 0 aromatic heterocycles. The molecular formula is C16H28O2. The molecule has 0 aromatic carbocycles. The Morgan fingerprint density at radius 3 is 2.00 bits per heavy atom. The molecule has 0 fully saturated rings. The fourth-order valence-electron chi connectivity index (χ4n) is 2.27. The lowest BCUT2D eigenvalue weighted by atomic mass is 10.1. The van der Waals surface area contributed by atoms with E-state index in [0.717, 1.165) is 25.7 Å². The van der Waals surface area contributed by atoms with E-state index >= 15 is 0 Å². The second-order valence-corrected chi connectivity index (χ2v) is 5.20. The number of ether oxygens (including phenoxy) is 1. The Bertz CT molecular complexity index is 233. The summed E-state index contributed by atoms with van der Waals surface area (Å²) in [7, 11) is 0. The van der Waals surface area contributed by atoms with Crippen molar-refractivity contribution in [3.05, 3.63) is 12.2 Å². The standard InChI is InChI=1S/C16H28O2/c17-16-14-12-10-8-6-4-2-1-3-5-7-9-11-13-15-18-16/h5,7H,1-4,6,8-15H2. The summed E-state index contributed by atoms with van der Waals surface area (Å²) in [6.45, 7) is 0.604. The smallest absolute Gasteiger partial charge is 0.305 e. The van der Waals surface area contributed by atoms with Crippen molar-refractivity contribution < 1.29 is 9.53 Å². The highest BCUT2D eigenvalue weighted by atomic mass is 16.5. The van der Waals surface area contributed by atoms with E-state index in [1.165, 1.54) is 44.9 Å². The number of hydrogen-bond donors (Lipinski definition) is 0. The van der Waals surface area contributed by atoms with E-state index in [0.29, 0.717) is 13.0 Å². The Kier molecular flexibility index (Phi) is 9.59. The van der Waals surface area contributed by atoms with Gasteiger partial charge in [0.1, 0.15) is 0 Å². The van der Waals surface area contributed by atoms with Gasteiger partial charge in [0.2, 0.25) is 0 Å². The van der Waals surface area contributed by atoms with Gasteiger partial charge in [-0.15, -0.1) is 0 Å². The summed E-state index contributed by atoms with van der Waals surface area (Å²) in [6, 6.07) is 0. The number of rotatable bonds is 0. The first-order valence-corrected chi connectivity index (χ1v) is 7.70. The molecule has 2 heteroatoms. The highest BCUT2D eigenvalue weighted by Crippen LogP contribution is 2.11. The average Bonchev–Trinajstić information content (AvgIpc) is 2.37. The van der Waals surface area contributed by atoms with Gasteiger partial charge in [-0.1, -0.05) is 44.3 Å². The Balaban J connectivity index is 2.17. The highest BCUT2D eigenvalue weighted by molar-refractivity contribution is 5.69. The van der Waals surface area contributed by atoms with Crippen LogP contribution in [0.1, 0.15) is 77.0 Å². The van der Waals surface area contributed by atoms with Crippen molar-refractivity contribution in [2.24, 2.45) is 0 Å². The van der Waals surface area contributed by atoms with Crippen LogP contribution in [-0.4, -0.2) is 12.6 Å². The van der Waals surface area contributed by atoms with Crippen molar-refractivity contribution in [2.45, 2.75) is 77.0 Å². The third-order valence-electron chi connectivity index (χ3n) is 3.45. The number of carbonyl (C=O) groups excluding carboxylic acids is 1. The van der Waals surface area contributed by atoms with Crippen LogP contribution in [0.4, 0.5) is 0 Å². The van der Waals surface area contributed by atoms with E-state index in [2.05, 4.69) is 12.2 Å². The molecule has 0 saturated heterocycles. The predicted octanol–water partition coefficient (Wildman–Crippen LogP) is 4.78. The first kappa shape index (κ1) is 15.3. The van der Waals surface area contributed by atoms with Crippen LogP contribution in [0.3, 0.4) is 0 Å². The van der Waals surface area contributed by atoms with Crippen LogP contribution in [0, 0.1) is 0 Å². The number of hydrogen-bond acceptors (Lipinski definition) is 2. The molecule has 1 aliphatic heterocycles. The third-order valence-corrected chi connectivity index (χ3v) is 3.45. The fourth-order valence-corrected chi connectivity index (χ4v) is 2.27. The van der Waals surface area contributed by atoms with Crippen LogP contribution >= 0.6 is 0 Å². The number of carbonyl (C=O) groups is 1. The van der Waals surface area contributed by atoms with Gasteiger partial charge in [-0.3, -0.25) is 4.79 Å². The number of cyclic esters (lactones) is 1. The molecule has 0 saturated carbocycles. The van der Waals surface area contributed by atoms with Gasteiger partial charge >= 0.3 is 5.97 Å². The molecule has 0 atom stereocenters. The zero-order chi connectivity index (χ0) is 12.9. The maximum Gasteiger partial charge on any atom is 0.305 e. The summed E-state index contributed by atoms with van der Waals surface area (Å²) in [5, 5.41) is 0. The minimum absolute atomic E-state index is 0.00476. The minimum Gasteiger partial charge on any atom is -0.466 e. The summed E-state index contributed by atoms with van der Waals surface area (Å²) < 4.78 is 5.20. The van der Waals surface area contributed by atoms with E-state index in [4.69, 9.17) is 4.74 Å². The van der Waals surface area contributed by atoms with Gasteiger partial charge in [0.05, 0.1) is 6.61 Å². The molecule has 104 valence electrons. The first-order valence-electron chi connectivity index (χ1n) is 7.70. The molecule has 0 bridgehead atoms. The van der Waals surface area contributed by atoms with E-state index in [1.54, 1.807) is 0 Å². The summed E-state index contributed by atoms with van der Waals surface area (Å²) in [6.07, 6.45) is 18.5. The molecule has 2 nitrogen and oxygen atoms in total. The molecule has 1 aliphatic rings. The van der Waals surface area contributed by atoms with Crippen LogP contribution in [-0.2, 0) is 9.53 Å². The second kappa shape index (κ2) is 11.3. The lowest BCUT2D eigenvalue weighted by molar-refractivity contribution is -0.143. The zero-order valence-electron chi connectivity index (χ0n) is 11.7. The van der Waals surface area contributed by atoms with Crippen molar-refractivity contribution in [3.63, 3.8) is 0 Å². The molecule has 0 N–H and O–H groups in total. The molecule has 1 heterocycles. The van der Waals surface area contributed by atoms with E-state index in [-0.39, 0.29) is 5.97 Å². The SMILES string of the molecule is O=C1CCCCCCCCCC=CCCCCO1. The minimum atomic E-state index is -0.00476. The molecule has 0 aromatic rings. The number of esters is 1. The third kappa shape index (κ3) is 9.26.